The summed E-state index contributed by atoms with van der Waals surface area (Å²) in [6.45, 7) is 6.30. The Hall–Kier alpha value is -2.63. The first-order chi connectivity index (χ1) is 11.4. The summed E-state index contributed by atoms with van der Waals surface area (Å²) in [4.78, 5) is 24.1. The zero-order valence-corrected chi connectivity index (χ0v) is 14.6. The maximum absolute atomic E-state index is 12.3. The number of anilines is 1. The van der Waals surface area contributed by atoms with Crippen molar-refractivity contribution in [1.82, 2.24) is 15.1 Å². The number of hydrogen-bond donors (Lipinski definition) is 2. The molecule has 0 saturated carbocycles. The molecule has 0 fully saturated rings. The van der Waals surface area contributed by atoms with Crippen LogP contribution in [-0.4, -0.2) is 21.6 Å². The highest BCUT2D eigenvalue weighted by atomic mass is 16.2. The third-order valence-electron chi connectivity index (χ3n) is 3.71. The first kappa shape index (κ1) is 17.7. The highest BCUT2D eigenvalue weighted by Crippen LogP contribution is 2.17. The average molecular weight is 328 g/mol. The molecule has 0 radical (unpaired) electrons. The zero-order chi connectivity index (χ0) is 17.7. The summed E-state index contributed by atoms with van der Waals surface area (Å²) in [7, 11) is 1.83. The van der Waals surface area contributed by atoms with Crippen LogP contribution in [0.1, 0.15) is 41.9 Å². The van der Waals surface area contributed by atoms with Crippen LogP contribution < -0.4 is 10.6 Å². The van der Waals surface area contributed by atoms with Gasteiger partial charge in [-0.25, -0.2) is 0 Å². The van der Waals surface area contributed by atoms with Crippen LogP contribution in [0.4, 0.5) is 5.69 Å². The second-order valence-electron chi connectivity index (χ2n) is 6.30. The van der Waals surface area contributed by atoms with Gasteiger partial charge in [0, 0.05) is 30.9 Å². The molecule has 1 aromatic heterocycles. The molecule has 0 aliphatic rings. The first-order valence-corrected chi connectivity index (χ1v) is 8.02. The Labute approximate surface area is 142 Å². The van der Waals surface area contributed by atoms with Crippen LogP contribution in [0.2, 0.25) is 0 Å². The van der Waals surface area contributed by atoms with Crippen molar-refractivity contribution in [3.63, 3.8) is 0 Å². The predicted molar refractivity (Wildman–Crippen MR) is 93.6 cm³/mol. The lowest BCUT2D eigenvalue weighted by Gasteiger charge is -2.11. The molecule has 0 aliphatic carbocycles. The number of rotatable bonds is 6. The first-order valence-electron chi connectivity index (χ1n) is 8.02. The van der Waals surface area contributed by atoms with E-state index in [4.69, 9.17) is 0 Å². The summed E-state index contributed by atoms with van der Waals surface area (Å²) in [5.41, 5.74) is 3.10. The lowest BCUT2D eigenvalue weighted by molar-refractivity contribution is -0.116. The van der Waals surface area contributed by atoms with E-state index in [0.29, 0.717) is 24.4 Å². The van der Waals surface area contributed by atoms with Crippen LogP contribution in [0.3, 0.4) is 0 Å². The predicted octanol–water partition coefficient (Wildman–Crippen LogP) is 2.64. The van der Waals surface area contributed by atoms with E-state index in [0.717, 1.165) is 16.9 Å². The fraction of sp³-hybridized carbons (Fsp3) is 0.389. The number of benzene rings is 1. The lowest BCUT2D eigenvalue weighted by atomic mass is 10.1. The number of aryl methyl sites for hydroxylation is 2. The van der Waals surface area contributed by atoms with Gasteiger partial charge in [-0.15, -0.1) is 0 Å². The molecule has 1 heterocycles. The zero-order valence-electron chi connectivity index (χ0n) is 14.6. The van der Waals surface area contributed by atoms with Crippen LogP contribution in [0.15, 0.2) is 30.5 Å². The minimum Gasteiger partial charge on any atom is -0.346 e. The summed E-state index contributed by atoms with van der Waals surface area (Å²) in [5.74, 6) is 0.142. The number of nitrogens with zero attached hydrogens (tertiary/aromatic N) is 2. The topological polar surface area (TPSA) is 76.0 Å². The van der Waals surface area contributed by atoms with Crippen molar-refractivity contribution in [2.75, 3.05) is 5.32 Å². The number of carbonyl (C=O) groups is 2. The molecule has 6 nitrogen and oxygen atoms in total. The van der Waals surface area contributed by atoms with E-state index in [1.165, 1.54) is 0 Å². The molecule has 0 bridgehead atoms. The van der Waals surface area contributed by atoms with Gasteiger partial charge in [-0.3, -0.25) is 14.3 Å². The van der Waals surface area contributed by atoms with E-state index < -0.39 is 0 Å². The van der Waals surface area contributed by atoms with Crippen molar-refractivity contribution < 1.29 is 9.59 Å². The van der Waals surface area contributed by atoms with Gasteiger partial charge in [0.05, 0.1) is 12.2 Å². The van der Waals surface area contributed by atoms with Crippen LogP contribution in [0.25, 0.3) is 0 Å². The molecule has 0 unspecified atom stereocenters. The molecule has 0 atom stereocenters. The number of hydrogen-bond acceptors (Lipinski definition) is 3. The monoisotopic (exact) mass is 328 g/mol. The molecule has 2 amide bonds. The normalized spacial score (nSPS) is 10.7. The van der Waals surface area contributed by atoms with Gasteiger partial charge in [0.2, 0.25) is 5.91 Å². The standard InChI is InChI=1S/C18H24N4O2/c1-12(2)9-17(23)21-16-6-5-14(10-13(16)3)18(24)19-11-15-7-8-20-22(15)4/h5-8,10,12H,9,11H2,1-4H3,(H,19,24)(H,21,23). The van der Waals surface area contributed by atoms with Gasteiger partial charge >= 0.3 is 0 Å². The Morgan fingerprint density at radius 2 is 2.00 bits per heavy atom. The molecule has 2 aromatic rings. The SMILES string of the molecule is Cc1cc(C(=O)NCc2ccnn2C)ccc1NC(=O)CC(C)C. The van der Waals surface area contributed by atoms with Crippen LogP contribution in [0, 0.1) is 12.8 Å². The molecule has 2 N–H and O–H groups in total. The van der Waals surface area contributed by atoms with Crippen molar-refractivity contribution >= 4 is 17.5 Å². The summed E-state index contributed by atoms with van der Waals surface area (Å²) >= 11 is 0. The van der Waals surface area contributed by atoms with Crippen molar-refractivity contribution in [2.45, 2.75) is 33.7 Å². The average Bonchev–Trinajstić information content (AvgIpc) is 2.91. The molecular weight excluding hydrogens is 304 g/mol. The van der Waals surface area contributed by atoms with Gasteiger partial charge in [-0.1, -0.05) is 13.8 Å². The number of amides is 2. The minimum atomic E-state index is -0.153. The number of aromatic nitrogens is 2. The molecule has 0 saturated heterocycles. The van der Waals surface area contributed by atoms with E-state index in [1.807, 2.05) is 33.9 Å². The number of carbonyl (C=O) groups excluding carboxylic acids is 2. The van der Waals surface area contributed by atoms with E-state index in [2.05, 4.69) is 15.7 Å². The van der Waals surface area contributed by atoms with Gasteiger partial charge in [-0.05, 0) is 42.7 Å². The Morgan fingerprint density at radius 1 is 1.25 bits per heavy atom. The van der Waals surface area contributed by atoms with Crippen molar-refractivity contribution in [1.29, 1.82) is 0 Å². The molecular formula is C18H24N4O2. The molecule has 24 heavy (non-hydrogen) atoms. The maximum atomic E-state index is 12.3. The van der Waals surface area contributed by atoms with E-state index in [-0.39, 0.29) is 11.8 Å². The van der Waals surface area contributed by atoms with Gasteiger partial charge in [0.1, 0.15) is 0 Å². The van der Waals surface area contributed by atoms with E-state index >= 15 is 0 Å². The molecule has 6 heteroatoms. The molecule has 128 valence electrons. The molecule has 0 aliphatic heterocycles. The lowest BCUT2D eigenvalue weighted by Crippen LogP contribution is -2.24. The highest BCUT2D eigenvalue weighted by molar-refractivity contribution is 5.96. The quantitative estimate of drug-likeness (QED) is 0.856. The summed E-state index contributed by atoms with van der Waals surface area (Å²) in [6, 6.07) is 7.13. The van der Waals surface area contributed by atoms with Crippen LogP contribution in [0.5, 0.6) is 0 Å². The minimum absolute atomic E-state index is 0.0125. The van der Waals surface area contributed by atoms with E-state index in [9.17, 15) is 9.59 Å². The Balaban J connectivity index is 1.99. The fourth-order valence-corrected chi connectivity index (χ4v) is 2.36. The Kier molecular flexibility index (Phi) is 5.73. The second kappa shape index (κ2) is 7.77. The fourth-order valence-electron chi connectivity index (χ4n) is 2.36. The summed E-state index contributed by atoms with van der Waals surface area (Å²) < 4.78 is 1.72. The third-order valence-corrected chi connectivity index (χ3v) is 3.71. The second-order valence-corrected chi connectivity index (χ2v) is 6.30. The third kappa shape index (κ3) is 4.68. The molecule has 2 rings (SSSR count). The van der Waals surface area contributed by atoms with Gasteiger partial charge in [0.15, 0.2) is 0 Å². The summed E-state index contributed by atoms with van der Waals surface area (Å²) in [6.07, 6.45) is 2.17. The van der Waals surface area contributed by atoms with Gasteiger partial charge in [-0.2, -0.15) is 5.10 Å². The molecule has 1 aromatic carbocycles. The highest BCUT2D eigenvalue weighted by Gasteiger charge is 2.11. The van der Waals surface area contributed by atoms with Crippen molar-refractivity contribution in [3.05, 3.63) is 47.3 Å². The Bertz CT molecular complexity index is 734. The number of nitrogens with one attached hydrogen (secondary N) is 2. The van der Waals surface area contributed by atoms with Crippen LogP contribution >= 0.6 is 0 Å². The van der Waals surface area contributed by atoms with E-state index in [1.54, 1.807) is 29.1 Å². The maximum Gasteiger partial charge on any atom is 0.251 e. The van der Waals surface area contributed by atoms with Gasteiger partial charge in [0.25, 0.3) is 5.91 Å². The smallest absolute Gasteiger partial charge is 0.251 e. The summed E-state index contributed by atoms with van der Waals surface area (Å²) in [5, 5.41) is 9.82. The van der Waals surface area contributed by atoms with Crippen molar-refractivity contribution in [2.24, 2.45) is 13.0 Å². The van der Waals surface area contributed by atoms with Crippen molar-refractivity contribution in [3.8, 4) is 0 Å². The largest absolute Gasteiger partial charge is 0.346 e. The van der Waals surface area contributed by atoms with Gasteiger partial charge < -0.3 is 10.6 Å². The Morgan fingerprint density at radius 3 is 2.58 bits per heavy atom. The van der Waals surface area contributed by atoms with Crippen LogP contribution in [-0.2, 0) is 18.4 Å². The molecule has 0 spiro atoms.